The Kier molecular flexibility index (Phi) is 2.79. The predicted octanol–water partition coefficient (Wildman–Crippen LogP) is 4.07. The van der Waals surface area contributed by atoms with Crippen LogP contribution >= 0.6 is 0 Å². The van der Waals surface area contributed by atoms with Crippen LogP contribution in [0.15, 0.2) is 18.7 Å². The lowest BCUT2D eigenvalue weighted by atomic mass is 9.81. The zero-order valence-corrected chi connectivity index (χ0v) is 9.32. The number of halogens is 1. The van der Waals surface area contributed by atoms with Gasteiger partial charge >= 0.3 is 0 Å². The first-order valence-electron chi connectivity index (χ1n) is 4.79. The Morgan fingerprint density at radius 2 is 1.86 bits per heavy atom. The molecule has 1 aromatic rings. The van der Waals surface area contributed by atoms with Gasteiger partial charge < -0.3 is 0 Å². The van der Waals surface area contributed by atoms with Crippen molar-refractivity contribution < 1.29 is 4.39 Å². The molecule has 0 aliphatic carbocycles. The fraction of sp³-hybridized carbons (Fsp3) is 0.385. The van der Waals surface area contributed by atoms with Gasteiger partial charge in [-0.2, -0.15) is 0 Å². The molecule has 14 heavy (non-hydrogen) atoms. The van der Waals surface area contributed by atoms with E-state index in [0.717, 1.165) is 11.1 Å². The number of benzene rings is 1. The van der Waals surface area contributed by atoms with Gasteiger partial charge in [-0.15, -0.1) is 0 Å². The molecular weight excluding hydrogens is 175 g/mol. The fourth-order valence-corrected chi connectivity index (χ4v) is 1.95. The van der Waals surface area contributed by atoms with Crippen LogP contribution in [0.1, 0.15) is 37.5 Å². The molecule has 0 aliphatic heterocycles. The van der Waals surface area contributed by atoms with E-state index in [0.29, 0.717) is 0 Å². The van der Waals surface area contributed by atoms with Crippen molar-refractivity contribution in [3.8, 4) is 0 Å². The molecule has 0 N–H and O–H groups in total. The highest BCUT2D eigenvalue weighted by atomic mass is 19.1. The molecule has 1 aromatic carbocycles. The minimum atomic E-state index is -0.189. The van der Waals surface area contributed by atoms with Crippen molar-refractivity contribution in [3.63, 3.8) is 0 Å². The molecule has 0 nitrogen and oxygen atoms in total. The summed E-state index contributed by atoms with van der Waals surface area (Å²) in [7, 11) is 0. The van der Waals surface area contributed by atoms with Crippen LogP contribution in [0.3, 0.4) is 0 Å². The zero-order valence-electron chi connectivity index (χ0n) is 9.32. The Hall–Kier alpha value is -1.11. The second-order valence-corrected chi connectivity index (χ2v) is 4.64. The molecule has 0 fully saturated rings. The van der Waals surface area contributed by atoms with E-state index in [1.54, 1.807) is 18.2 Å². The molecule has 0 aromatic heterocycles. The van der Waals surface area contributed by atoms with Gasteiger partial charge in [-0.05, 0) is 41.2 Å². The Morgan fingerprint density at radius 1 is 1.29 bits per heavy atom. The van der Waals surface area contributed by atoms with Crippen LogP contribution < -0.4 is 0 Å². The van der Waals surface area contributed by atoms with E-state index in [1.165, 1.54) is 5.56 Å². The lowest BCUT2D eigenvalue weighted by molar-refractivity contribution is 0.576. The van der Waals surface area contributed by atoms with E-state index in [1.807, 2.05) is 6.92 Å². The second kappa shape index (κ2) is 3.56. The Bertz CT molecular complexity index is 356. The van der Waals surface area contributed by atoms with E-state index < -0.39 is 0 Å². The lowest BCUT2D eigenvalue weighted by Crippen LogP contribution is -2.15. The molecule has 0 atom stereocenters. The number of aryl methyl sites for hydroxylation is 1. The van der Waals surface area contributed by atoms with Crippen molar-refractivity contribution in [3.05, 3.63) is 41.2 Å². The summed E-state index contributed by atoms with van der Waals surface area (Å²) < 4.78 is 13.1. The number of hydrogen-bond donors (Lipinski definition) is 0. The first kappa shape index (κ1) is 11.0. The minimum absolute atomic E-state index is 0.0291. The van der Waals surface area contributed by atoms with Gasteiger partial charge in [0.05, 0.1) is 0 Å². The van der Waals surface area contributed by atoms with Crippen molar-refractivity contribution >= 4 is 6.08 Å². The summed E-state index contributed by atoms with van der Waals surface area (Å²) in [5, 5.41) is 0. The fourth-order valence-electron chi connectivity index (χ4n) is 1.95. The third kappa shape index (κ3) is 2.03. The van der Waals surface area contributed by atoms with Gasteiger partial charge in [-0.3, -0.25) is 0 Å². The molecular formula is C13H17F. The molecule has 0 spiro atoms. The van der Waals surface area contributed by atoms with Gasteiger partial charge in [0.1, 0.15) is 5.82 Å². The Balaban J connectivity index is 3.48. The standard InChI is InChI=1S/C13H17F/c1-6-10-8-11(14)7-9(2)12(10)13(3,4)5/h6-8H,1H2,2-5H3. The highest BCUT2D eigenvalue weighted by Gasteiger charge is 2.19. The highest BCUT2D eigenvalue weighted by Crippen LogP contribution is 2.30. The summed E-state index contributed by atoms with van der Waals surface area (Å²) in [6.07, 6.45) is 1.72. The summed E-state index contributed by atoms with van der Waals surface area (Å²) >= 11 is 0. The Morgan fingerprint density at radius 3 is 2.29 bits per heavy atom. The molecule has 1 heteroatoms. The van der Waals surface area contributed by atoms with Gasteiger partial charge in [0.25, 0.3) is 0 Å². The molecule has 0 saturated carbocycles. The van der Waals surface area contributed by atoms with Crippen LogP contribution in [-0.4, -0.2) is 0 Å². The van der Waals surface area contributed by atoms with Gasteiger partial charge in [0, 0.05) is 0 Å². The van der Waals surface area contributed by atoms with E-state index in [4.69, 9.17) is 0 Å². The summed E-state index contributed by atoms with van der Waals surface area (Å²) in [4.78, 5) is 0. The van der Waals surface area contributed by atoms with Crippen LogP contribution in [0, 0.1) is 12.7 Å². The molecule has 0 aliphatic rings. The average Bonchev–Trinajstić information content (AvgIpc) is 1.99. The minimum Gasteiger partial charge on any atom is -0.207 e. The third-order valence-corrected chi connectivity index (χ3v) is 2.30. The van der Waals surface area contributed by atoms with Gasteiger partial charge in [-0.25, -0.2) is 4.39 Å². The molecule has 0 saturated heterocycles. The molecule has 76 valence electrons. The summed E-state index contributed by atoms with van der Waals surface area (Å²) in [6, 6.07) is 3.12. The monoisotopic (exact) mass is 192 g/mol. The maximum absolute atomic E-state index is 13.1. The van der Waals surface area contributed by atoms with Crippen molar-refractivity contribution in [1.29, 1.82) is 0 Å². The van der Waals surface area contributed by atoms with Gasteiger partial charge in [0.2, 0.25) is 0 Å². The van der Waals surface area contributed by atoms with E-state index in [2.05, 4.69) is 27.4 Å². The molecule has 0 heterocycles. The average molecular weight is 192 g/mol. The lowest BCUT2D eigenvalue weighted by Gasteiger charge is -2.24. The van der Waals surface area contributed by atoms with Crippen molar-refractivity contribution in [2.75, 3.05) is 0 Å². The molecule has 1 rings (SSSR count). The van der Waals surface area contributed by atoms with Crippen LogP contribution in [0.4, 0.5) is 4.39 Å². The molecule has 0 amide bonds. The highest BCUT2D eigenvalue weighted by molar-refractivity contribution is 5.56. The van der Waals surface area contributed by atoms with Crippen LogP contribution in [0.5, 0.6) is 0 Å². The summed E-state index contributed by atoms with van der Waals surface area (Å²) in [6.45, 7) is 12.0. The smallest absolute Gasteiger partial charge is 0.124 e. The van der Waals surface area contributed by atoms with Crippen molar-refractivity contribution in [1.82, 2.24) is 0 Å². The maximum atomic E-state index is 13.1. The van der Waals surface area contributed by atoms with Crippen molar-refractivity contribution in [2.24, 2.45) is 0 Å². The molecule has 0 unspecified atom stereocenters. The van der Waals surface area contributed by atoms with E-state index in [9.17, 15) is 4.39 Å². The first-order chi connectivity index (χ1) is 6.36. The van der Waals surface area contributed by atoms with Gasteiger partial charge in [-0.1, -0.05) is 33.4 Å². The van der Waals surface area contributed by atoms with Crippen LogP contribution in [0.2, 0.25) is 0 Å². The van der Waals surface area contributed by atoms with Crippen molar-refractivity contribution in [2.45, 2.75) is 33.1 Å². The predicted molar refractivity (Wildman–Crippen MR) is 59.9 cm³/mol. The Labute approximate surface area is 85.5 Å². The quantitative estimate of drug-likeness (QED) is 0.629. The van der Waals surface area contributed by atoms with Crippen LogP contribution in [0.25, 0.3) is 6.08 Å². The maximum Gasteiger partial charge on any atom is 0.124 e. The SMILES string of the molecule is C=Cc1cc(F)cc(C)c1C(C)(C)C. The summed E-state index contributed by atoms with van der Waals surface area (Å²) in [5.74, 6) is -0.189. The zero-order chi connectivity index (χ0) is 10.9. The second-order valence-electron chi connectivity index (χ2n) is 4.64. The summed E-state index contributed by atoms with van der Waals surface area (Å²) in [5.41, 5.74) is 3.10. The number of rotatable bonds is 1. The third-order valence-electron chi connectivity index (χ3n) is 2.30. The number of hydrogen-bond acceptors (Lipinski definition) is 0. The normalized spacial score (nSPS) is 11.5. The van der Waals surface area contributed by atoms with E-state index >= 15 is 0 Å². The van der Waals surface area contributed by atoms with E-state index in [-0.39, 0.29) is 11.2 Å². The van der Waals surface area contributed by atoms with Crippen LogP contribution in [-0.2, 0) is 5.41 Å². The molecule has 0 bridgehead atoms. The topological polar surface area (TPSA) is 0 Å². The largest absolute Gasteiger partial charge is 0.207 e. The molecule has 0 radical (unpaired) electrons. The van der Waals surface area contributed by atoms with Gasteiger partial charge in [0.15, 0.2) is 0 Å². The first-order valence-corrected chi connectivity index (χ1v) is 4.79.